The minimum Gasteiger partial charge on any atom is -0.364 e. The lowest BCUT2D eigenvalue weighted by Gasteiger charge is -2.36. The molecule has 1 aliphatic rings. The molecule has 1 fully saturated rings. The summed E-state index contributed by atoms with van der Waals surface area (Å²) in [6, 6.07) is 20.6. The van der Waals surface area contributed by atoms with Crippen LogP contribution in [-0.2, 0) is 6.54 Å². The van der Waals surface area contributed by atoms with Gasteiger partial charge in [-0.15, -0.1) is 11.3 Å². The van der Waals surface area contributed by atoms with Crippen molar-refractivity contribution in [1.29, 1.82) is 0 Å². The Bertz CT molecular complexity index is 759. The molecule has 1 N–H and O–H groups in total. The molecule has 0 radical (unpaired) electrons. The zero-order valence-electron chi connectivity index (χ0n) is 13.2. The number of fused-ring (bicyclic) bond motifs is 1. The number of nitrogens with zero attached hydrogens (tertiary/aromatic N) is 1. The summed E-state index contributed by atoms with van der Waals surface area (Å²) in [5.74, 6) is 0. The maximum atomic E-state index is 3.49. The van der Waals surface area contributed by atoms with Crippen LogP contribution in [0.15, 0.2) is 60.0 Å². The van der Waals surface area contributed by atoms with Gasteiger partial charge in [0.2, 0.25) is 0 Å². The lowest BCUT2D eigenvalue weighted by molar-refractivity contribution is 0.428. The molecular weight excluding hydrogens is 300 g/mol. The van der Waals surface area contributed by atoms with Gasteiger partial charge in [-0.05, 0) is 66.5 Å². The predicted molar refractivity (Wildman–Crippen MR) is 100 cm³/mol. The molecule has 0 amide bonds. The first kappa shape index (κ1) is 14.7. The van der Waals surface area contributed by atoms with Gasteiger partial charge < -0.3 is 10.2 Å². The standard InChI is InChI=1S/C20H22N2S/c1-2-4-16(5-3-1)15-22(18-8-11-21-12-9-18)19-6-7-20-17(14-19)10-13-23-20/h1-7,10,13-14,18,21H,8-9,11-12,15H2. The lowest BCUT2D eigenvalue weighted by atomic mass is 10.0. The number of thiophene rings is 1. The van der Waals surface area contributed by atoms with Crippen molar-refractivity contribution < 1.29 is 0 Å². The van der Waals surface area contributed by atoms with Crippen LogP contribution in [0.3, 0.4) is 0 Å². The van der Waals surface area contributed by atoms with Crippen LogP contribution >= 0.6 is 11.3 Å². The second-order valence-corrected chi connectivity index (χ2v) is 7.19. The van der Waals surface area contributed by atoms with Gasteiger partial charge >= 0.3 is 0 Å². The Balaban J connectivity index is 1.67. The fourth-order valence-corrected chi connectivity index (χ4v) is 4.23. The van der Waals surface area contributed by atoms with Crippen molar-refractivity contribution in [3.05, 3.63) is 65.5 Å². The molecule has 0 atom stereocenters. The number of nitrogens with one attached hydrogen (secondary N) is 1. The highest BCUT2D eigenvalue weighted by atomic mass is 32.1. The van der Waals surface area contributed by atoms with E-state index in [1.54, 1.807) is 0 Å². The first-order chi connectivity index (χ1) is 11.4. The summed E-state index contributed by atoms with van der Waals surface area (Å²) < 4.78 is 1.37. The first-order valence-corrected chi connectivity index (χ1v) is 9.27. The number of hydrogen-bond donors (Lipinski definition) is 1. The topological polar surface area (TPSA) is 15.3 Å². The van der Waals surface area contributed by atoms with Gasteiger partial charge in [0, 0.05) is 23.0 Å². The molecule has 23 heavy (non-hydrogen) atoms. The van der Waals surface area contributed by atoms with E-state index in [4.69, 9.17) is 0 Å². The lowest BCUT2D eigenvalue weighted by Crippen LogP contribution is -2.43. The van der Waals surface area contributed by atoms with Crippen LogP contribution in [0.2, 0.25) is 0 Å². The molecule has 1 aromatic heterocycles. The van der Waals surface area contributed by atoms with Gasteiger partial charge in [0.15, 0.2) is 0 Å². The zero-order chi connectivity index (χ0) is 15.5. The molecule has 0 saturated carbocycles. The quantitative estimate of drug-likeness (QED) is 0.751. The van der Waals surface area contributed by atoms with Gasteiger partial charge in [-0.3, -0.25) is 0 Å². The van der Waals surface area contributed by atoms with Gasteiger partial charge in [0.05, 0.1) is 0 Å². The molecule has 0 aliphatic carbocycles. The van der Waals surface area contributed by atoms with E-state index < -0.39 is 0 Å². The monoisotopic (exact) mass is 322 g/mol. The summed E-state index contributed by atoms with van der Waals surface area (Å²) in [5, 5.41) is 7.03. The van der Waals surface area contributed by atoms with Crippen molar-refractivity contribution in [1.82, 2.24) is 5.32 Å². The van der Waals surface area contributed by atoms with Gasteiger partial charge in [-0.1, -0.05) is 30.3 Å². The Hall–Kier alpha value is -1.84. The molecule has 1 saturated heterocycles. The molecule has 2 heterocycles. The van der Waals surface area contributed by atoms with Crippen LogP contribution in [0.25, 0.3) is 10.1 Å². The average Bonchev–Trinajstić information content (AvgIpc) is 3.09. The molecule has 0 bridgehead atoms. The second-order valence-electron chi connectivity index (χ2n) is 6.24. The fourth-order valence-electron chi connectivity index (χ4n) is 3.46. The van der Waals surface area contributed by atoms with Crippen LogP contribution in [-0.4, -0.2) is 19.1 Å². The Kier molecular flexibility index (Phi) is 4.31. The highest BCUT2D eigenvalue weighted by Gasteiger charge is 2.21. The van der Waals surface area contributed by atoms with E-state index in [1.165, 1.54) is 34.2 Å². The summed E-state index contributed by atoms with van der Waals surface area (Å²) in [5.41, 5.74) is 2.74. The largest absolute Gasteiger partial charge is 0.364 e. The van der Waals surface area contributed by atoms with E-state index in [-0.39, 0.29) is 0 Å². The summed E-state index contributed by atoms with van der Waals surface area (Å²) in [4.78, 5) is 2.60. The van der Waals surface area contributed by atoms with Gasteiger partial charge in [0.25, 0.3) is 0 Å². The highest BCUT2D eigenvalue weighted by Crippen LogP contribution is 2.30. The highest BCUT2D eigenvalue weighted by molar-refractivity contribution is 7.17. The smallest absolute Gasteiger partial charge is 0.0432 e. The normalized spacial score (nSPS) is 15.8. The first-order valence-electron chi connectivity index (χ1n) is 8.39. The summed E-state index contributed by atoms with van der Waals surface area (Å²) >= 11 is 1.82. The molecule has 1 aliphatic heterocycles. The van der Waals surface area contributed by atoms with E-state index in [0.29, 0.717) is 6.04 Å². The molecule has 118 valence electrons. The SMILES string of the molecule is c1ccc(CN(c2ccc3sccc3c2)C2CCNCC2)cc1. The maximum absolute atomic E-state index is 3.49. The molecule has 2 nitrogen and oxygen atoms in total. The minimum atomic E-state index is 0.618. The molecular formula is C20H22N2S. The average molecular weight is 322 g/mol. The van der Waals surface area contributed by atoms with Gasteiger partial charge in [0.1, 0.15) is 0 Å². The molecule has 3 heteroatoms. The van der Waals surface area contributed by atoms with Crippen LogP contribution in [0.1, 0.15) is 18.4 Å². The van der Waals surface area contributed by atoms with Crippen molar-refractivity contribution in [3.8, 4) is 0 Å². The molecule has 4 rings (SSSR count). The third-order valence-electron chi connectivity index (χ3n) is 4.71. The zero-order valence-corrected chi connectivity index (χ0v) is 14.1. The van der Waals surface area contributed by atoms with Gasteiger partial charge in [-0.2, -0.15) is 0 Å². The van der Waals surface area contributed by atoms with Crippen molar-refractivity contribution >= 4 is 27.1 Å². The summed E-state index contributed by atoms with van der Waals surface area (Å²) in [7, 11) is 0. The molecule has 2 aromatic carbocycles. The maximum Gasteiger partial charge on any atom is 0.0432 e. The summed E-state index contributed by atoms with van der Waals surface area (Å²) in [6.45, 7) is 3.23. The number of rotatable bonds is 4. The van der Waals surface area contributed by atoms with Crippen LogP contribution in [0.4, 0.5) is 5.69 Å². The Morgan fingerprint density at radius 3 is 2.65 bits per heavy atom. The van der Waals surface area contributed by atoms with Crippen LogP contribution in [0, 0.1) is 0 Å². The van der Waals surface area contributed by atoms with Crippen LogP contribution in [0.5, 0.6) is 0 Å². The second kappa shape index (κ2) is 6.73. The number of anilines is 1. The van der Waals surface area contributed by atoms with Crippen molar-refractivity contribution in [2.24, 2.45) is 0 Å². The van der Waals surface area contributed by atoms with Crippen molar-refractivity contribution in [2.45, 2.75) is 25.4 Å². The van der Waals surface area contributed by atoms with E-state index in [0.717, 1.165) is 19.6 Å². The Labute approximate surface area is 141 Å². The third-order valence-corrected chi connectivity index (χ3v) is 5.61. The predicted octanol–water partition coefficient (Wildman–Crippen LogP) is 4.66. The van der Waals surface area contributed by atoms with E-state index in [2.05, 4.69) is 70.2 Å². The molecule has 0 unspecified atom stereocenters. The summed E-state index contributed by atoms with van der Waals surface area (Å²) in [6.07, 6.45) is 2.43. The fraction of sp³-hybridized carbons (Fsp3) is 0.300. The third kappa shape index (κ3) is 3.26. The van der Waals surface area contributed by atoms with Crippen molar-refractivity contribution in [3.63, 3.8) is 0 Å². The van der Waals surface area contributed by atoms with E-state index >= 15 is 0 Å². The Morgan fingerprint density at radius 1 is 1.00 bits per heavy atom. The molecule has 0 spiro atoms. The molecule has 3 aromatic rings. The number of benzene rings is 2. The minimum absolute atomic E-state index is 0.618. The number of piperidine rings is 1. The van der Waals surface area contributed by atoms with E-state index in [9.17, 15) is 0 Å². The van der Waals surface area contributed by atoms with Crippen LogP contribution < -0.4 is 10.2 Å². The number of hydrogen-bond acceptors (Lipinski definition) is 3. The Morgan fingerprint density at radius 2 is 1.83 bits per heavy atom. The van der Waals surface area contributed by atoms with E-state index in [1.807, 2.05) is 11.3 Å². The van der Waals surface area contributed by atoms with Gasteiger partial charge in [-0.25, -0.2) is 0 Å². The van der Waals surface area contributed by atoms with Crippen molar-refractivity contribution in [2.75, 3.05) is 18.0 Å².